The van der Waals surface area contributed by atoms with Gasteiger partial charge in [-0.25, -0.2) is 4.68 Å². The molecule has 3 aromatic rings. The molecule has 2 aromatic carbocycles. The van der Waals surface area contributed by atoms with Crippen LogP contribution in [-0.2, 0) is 4.79 Å². The molecule has 30 heavy (non-hydrogen) atoms. The molecule has 150 valence electrons. The van der Waals surface area contributed by atoms with Crippen molar-refractivity contribution in [1.29, 1.82) is 5.26 Å². The number of anilines is 2. The second-order valence-electron chi connectivity index (χ2n) is 6.78. The van der Waals surface area contributed by atoms with Gasteiger partial charge in [-0.2, -0.15) is 10.4 Å². The van der Waals surface area contributed by atoms with Crippen LogP contribution < -0.4 is 15.4 Å². The van der Waals surface area contributed by atoms with Crippen molar-refractivity contribution in [2.45, 2.75) is 13.0 Å². The lowest BCUT2D eigenvalue weighted by molar-refractivity contribution is -0.113. The van der Waals surface area contributed by atoms with E-state index >= 15 is 0 Å². The highest BCUT2D eigenvalue weighted by Crippen LogP contribution is 2.38. The summed E-state index contributed by atoms with van der Waals surface area (Å²) in [4.78, 5) is 13.4. The van der Waals surface area contributed by atoms with E-state index in [1.165, 1.54) is 13.3 Å². The fourth-order valence-electron chi connectivity index (χ4n) is 3.57. The van der Waals surface area contributed by atoms with Crippen LogP contribution in [0.4, 0.5) is 11.5 Å². The van der Waals surface area contributed by atoms with Crippen molar-refractivity contribution in [3.63, 3.8) is 0 Å². The number of phenols is 1. The zero-order valence-electron chi connectivity index (χ0n) is 16.4. The Hall–Kier alpha value is -4.25. The third kappa shape index (κ3) is 3.22. The predicted octanol–water partition coefficient (Wildman–Crippen LogP) is 3.40. The van der Waals surface area contributed by atoms with Gasteiger partial charge in [0.05, 0.1) is 24.6 Å². The third-order valence-corrected chi connectivity index (χ3v) is 4.93. The number of carbonyl (C=O) groups is 1. The van der Waals surface area contributed by atoms with Crippen LogP contribution in [0.3, 0.4) is 0 Å². The monoisotopic (exact) mass is 401 g/mol. The zero-order valence-corrected chi connectivity index (χ0v) is 16.4. The van der Waals surface area contributed by atoms with Crippen molar-refractivity contribution in [3.05, 3.63) is 77.1 Å². The highest BCUT2D eigenvalue weighted by atomic mass is 16.5. The van der Waals surface area contributed by atoms with Gasteiger partial charge in [-0.05, 0) is 36.8 Å². The highest BCUT2D eigenvalue weighted by Gasteiger charge is 2.34. The summed E-state index contributed by atoms with van der Waals surface area (Å²) in [6, 6.07) is 15.2. The molecule has 3 N–H and O–H groups in total. The number of nitrogens with zero attached hydrogens (tertiary/aromatic N) is 3. The van der Waals surface area contributed by atoms with Crippen molar-refractivity contribution >= 4 is 17.4 Å². The second kappa shape index (κ2) is 7.64. The Balaban J connectivity index is 1.82. The summed E-state index contributed by atoms with van der Waals surface area (Å²) in [7, 11) is 1.53. The molecule has 1 atom stereocenters. The molecule has 0 radical (unpaired) electrons. The lowest BCUT2D eigenvalue weighted by atomic mass is 9.94. The first-order valence-electron chi connectivity index (χ1n) is 9.22. The average molecular weight is 401 g/mol. The lowest BCUT2D eigenvalue weighted by Gasteiger charge is -2.30. The van der Waals surface area contributed by atoms with Crippen LogP contribution in [-0.4, -0.2) is 27.9 Å². The minimum atomic E-state index is -0.634. The quantitative estimate of drug-likeness (QED) is 0.618. The van der Waals surface area contributed by atoms with Crippen molar-refractivity contribution in [3.8, 4) is 17.6 Å². The highest BCUT2D eigenvalue weighted by molar-refractivity contribution is 6.06. The fourth-order valence-corrected chi connectivity index (χ4v) is 3.57. The average Bonchev–Trinajstić information content (AvgIpc) is 3.15. The number of benzene rings is 2. The van der Waals surface area contributed by atoms with Gasteiger partial charge in [-0.1, -0.05) is 24.3 Å². The Morgan fingerprint density at radius 2 is 2.10 bits per heavy atom. The van der Waals surface area contributed by atoms with E-state index in [4.69, 9.17) is 4.74 Å². The predicted molar refractivity (Wildman–Crippen MR) is 111 cm³/mol. The molecule has 4 rings (SSSR count). The number of fused-ring (bicyclic) bond motifs is 1. The number of rotatable bonds is 4. The van der Waals surface area contributed by atoms with Gasteiger partial charge in [0.25, 0.3) is 5.91 Å². The molecule has 1 aliphatic rings. The minimum absolute atomic E-state index is 0.0717. The summed E-state index contributed by atoms with van der Waals surface area (Å²) in [5, 5.41) is 29.8. The maximum Gasteiger partial charge on any atom is 0.255 e. The molecule has 8 heteroatoms. The standard InChI is InChI=1S/C22H19N5O3/c1-13-19(22(29)26-17-8-3-4-9-18(17)30-2)20(14-6-5-7-16(28)10-14)27-21(25-13)15(11-23)12-24-27/h3-10,12,20,25,28H,1-2H3,(H,26,29)/t20-/m0/s1. The van der Waals surface area contributed by atoms with E-state index in [2.05, 4.69) is 21.8 Å². The zero-order chi connectivity index (χ0) is 21.3. The van der Waals surface area contributed by atoms with Gasteiger partial charge in [0, 0.05) is 5.70 Å². The number of carbonyl (C=O) groups excluding carboxylic acids is 1. The lowest BCUT2D eigenvalue weighted by Crippen LogP contribution is -2.31. The van der Waals surface area contributed by atoms with E-state index in [-0.39, 0.29) is 11.7 Å². The van der Waals surface area contributed by atoms with E-state index in [1.54, 1.807) is 54.1 Å². The van der Waals surface area contributed by atoms with Gasteiger partial charge in [0.15, 0.2) is 0 Å². The van der Waals surface area contributed by atoms with Gasteiger partial charge < -0.3 is 20.5 Å². The van der Waals surface area contributed by atoms with Crippen LogP contribution in [0.2, 0.25) is 0 Å². The maximum absolute atomic E-state index is 13.4. The Morgan fingerprint density at radius 1 is 1.30 bits per heavy atom. The molecule has 1 aromatic heterocycles. The van der Waals surface area contributed by atoms with Gasteiger partial charge >= 0.3 is 0 Å². The van der Waals surface area contributed by atoms with Crippen molar-refractivity contribution in [2.75, 3.05) is 17.7 Å². The summed E-state index contributed by atoms with van der Waals surface area (Å²) >= 11 is 0. The van der Waals surface area contributed by atoms with Gasteiger partial charge in [-0.15, -0.1) is 0 Å². The maximum atomic E-state index is 13.4. The molecule has 0 saturated heterocycles. The normalized spacial score (nSPS) is 15.0. The van der Waals surface area contributed by atoms with Crippen LogP contribution in [0.25, 0.3) is 0 Å². The van der Waals surface area contributed by atoms with Crippen molar-refractivity contribution in [1.82, 2.24) is 9.78 Å². The second-order valence-corrected chi connectivity index (χ2v) is 6.78. The molecule has 0 saturated carbocycles. The van der Waals surface area contributed by atoms with E-state index < -0.39 is 6.04 Å². The Bertz CT molecular complexity index is 1210. The van der Waals surface area contributed by atoms with E-state index in [0.717, 1.165) is 0 Å². The summed E-state index contributed by atoms with van der Waals surface area (Å²) in [5.74, 6) is 0.755. The molecule has 2 heterocycles. The minimum Gasteiger partial charge on any atom is -0.508 e. The number of para-hydroxylation sites is 2. The van der Waals surface area contributed by atoms with Crippen LogP contribution in [0.5, 0.6) is 11.5 Å². The van der Waals surface area contributed by atoms with Crippen molar-refractivity contribution in [2.24, 2.45) is 0 Å². The van der Waals surface area contributed by atoms with E-state index in [1.807, 2.05) is 6.07 Å². The first-order chi connectivity index (χ1) is 14.5. The number of methoxy groups -OCH3 is 1. The topological polar surface area (TPSA) is 112 Å². The Labute approximate surface area is 173 Å². The van der Waals surface area contributed by atoms with Crippen LogP contribution in [0.1, 0.15) is 24.1 Å². The molecule has 0 unspecified atom stereocenters. The first kappa shape index (κ1) is 19.1. The molecule has 0 bridgehead atoms. The van der Waals surface area contributed by atoms with Gasteiger partial charge in [-0.3, -0.25) is 4.79 Å². The van der Waals surface area contributed by atoms with Crippen LogP contribution in [0.15, 0.2) is 66.0 Å². The number of hydrogen-bond acceptors (Lipinski definition) is 6. The Kier molecular flexibility index (Phi) is 4.86. The number of ether oxygens (including phenoxy) is 1. The Morgan fingerprint density at radius 3 is 2.83 bits per heavy atom. The number of aromatic hydroxyl groups is 1. The fraction of sp³-hybridized carbons (Fsp3) is 0.136. The smallest absolute Gasteiger partial charge is 0.255 e. The molecule has 0 aliphatic carbocycles. The number of hydrogen-bond donors (Lipinski definition) is 3. The number of phenolic OH excluding ortho intramolecular Hbond substituents is 1. The number of amides is 1. The summed E-state index contributed by atoms with van der Waals surface area (Å²) in [6.45, 7) is 1.77. The van der Waals surface area contributed by atoms with Crippen LogP contribution in [0, 0.1) is 11.3 Å². The molecule has 0 fully saturated rings. The number of nitriles is 1. The third-order valence-electron chi connectivity index (χ3n) is 4.93. The summed E-state index contributed by atoms with van der Waals surface area (Å²) in [6.07, 6.45) is 1.45. The molecule has 1 aliphatic heterocycles. The molecule has 8 nitrogen and oxygen atoms in total. The largest absolute Gasteiger partial charge is 0.508 e. The van der Waals surface area contributed by atoms with Gasteiger partial charge in [0.2, 0.25) is 0 Å². The SMILES string of the molecule is COc1ccccc1NC(=O)C1=C(C)Nc2c(C#N)cnn2[C@H]1c1cccc(O)c1. The summed E-state index contributed by atoms with van der Waals surface area (Å²) < 4.78 is 6.91. The van der Waals surface area contributed by atoms with Crippen molar-refractivity contribution < 1.29 is 14.6 Å². The molecular formula is C22H19N5O3. The van der Waals surface area contributed by atoms with E-state index in [9.17, 15) is 15.2 Å². The van der Waals surface area contributed by atoms with E-state index in [0.29, 0.717) is 39.7 Å². The number of nitrogens with one attached hydrogen (secondary N) is 2. The molecule has 1 amide bonds. The number of allylic oxidation sites excluding steroid dienone is 1. The van der Waals surface area contributed by atoms with Crippen LogP contribution >= 0.6 is 0 Å². The summed E-state index contributed by atoms with van der Waals surface area (Å²) in [5.41, 5.74) is 2.55. The first-order valence-corrected chi connectivity index (χ1v) is 9.22. The molecular weight excluding hydrogens is 382 g/mol. The molecule has 0 spiro atoms. The van der Waals surface area contributed by atoms with Gasteiger partial charge in [0.1, 0.15) is 35.0 Å². The number of aromatic nitrogens is 2.